The summed E-state index contributed by atoms with van der Waals surface area (Å²) in [4.78, 5) is 0. The van der Waals surface area contributed by atoms with Gasteiger partial charge in [-0.2, -0.15) is 0 Å². The molecule has 45 heavy (non-hydrogen) atoms. The van der Waals surface area contributed by atoms with E-state index in [1.54, 1.807) is 0 Å². The molecule has 1 unspecified atom stereocenters. The lowest BCUT2D eigenvalue weighted by Crippen LogP contribution is -2.31. The van der Waals surface area contributed by atoms with Crippen molar-refractivity contribution < 1.29 is 9.47 Å². The Bertz CT molecular complexity index is 669. The molecule has 0 radical (unpaired) electrons. The molecule has 1 rings (SSSR count). The van der Waals surface area contributed by atoms with Crippen molar-refractivity contribution in [2.45, 2.75) is 219 Å². The van der Waals surface area contributed by atoms with Gasteiger partial charge in [0.05, 0.1) is 12.7 Å². The number of rotatable bonds is 33. The second-order valence-electron chi connectivity index (χ2n) is 13.8. The molecule has 1 atom stereocenters. The number of allylic oxidation sites excluding steroid dienone is 8. The summed E-state index contributed by atoms with van der Waals surface area (Å²) in [6.45, 7) is 7.62. The molecule has 2 nitrogen and oxygen atoms in total. The smallest absolute Gasteiger partial charge is 0.168 e. The van der Waals surface area contributed by atoms with Crippen molar-refractivity contribution >= 4 is 0 Å². The average Bonchev–Trinajstić information content (AvgIpc) is 3.46. The topological polar surface area (TPSA) is 18.5 Å². The molecule has 0 spiro atoms. The first kappa shape index (κ1) is 41.9. The van der Waals surface area contributed by atoms with Gasteiger partial charge in [0.2, 0.25) is 0 Å². The maximum Gasteiger partial charge on any atom is 0.168 e. The van der Waals surface area contributed by atoms with E-state index in [9.17, 15) is 0 Å². The third-order valence-electron chi connectivity index (χ3n) is 9.31. The summed E-state index contributed by atoms with van der Waals surface area (Å²) in [5.74, 6) is -0.289. The number of hydrogen-bond acceptors (Lipinski definition) is 2. The van der Waals surface area contributed by atoms with Gasteiger partial charge in [-0.1, -0.05) is 159 Å². The zero-order valence-electron chi connectivity index (χ0n) is 30.7. The van der Waals surface area contributed by atoms with Gasteiger partial charge in [0, 0.05) is 12.8 Å². The minimum absolute atomic E-state index is 0.289. The van der Waals surface area contributed by atoms with Crippen molar-refractivity contribution in [3.63, 3.8) is 0 Å². The van der Waals surface area contributed by atoms with Crippen molar-refractivity contribution in [2.24, 2.45) is 0 Å². The predicted molar refractivity (Wildman–Crippen MR) is 201 cm³/mol. The van der Waals surface area contributed by atoms with E-state index in [1.807, 2.05) is 0 Å². The molecule has 2 heteroatoms. The Morgan fingerprint density at radius 2 is 0.822 bits per heavy atom. The molecule has 1 saturated heterocycles. The number of ether oxygens (including phenoxy) is 2. The minimum atomic E-state index is -0.289. The predicted octanol–water partition coefficient (Wildman–Crippen LogP) is 14.7. The molecule has 1 heterocycles. The van der Waals surface area contributed by atoms with E-state index in [0.717, 1.165) is 38.7 Å². The van der Waals surface area contributed by atoms with E-state index in [1.165, 1.54) is 154 Å². The molecule has 0 aromatic heterocycles. The molecule has 1 fully saturated rings. The van der Waals surface area contributed by atoms with Gasteiger partial charge in [-0.3, -0.25) is 0 Å². The second kappa shape index (κ2) is 32.8. The van der Waals surface area contributed by atoms with Gasteiger partial charge in [0.15, 0.2) is 5.79 Å². The van der Waals surface area contributed by atoms with Crippen LogP contribution in [0.3, 0.4) is 0 Å². The Morgan fingerprint density at radius 3 is 1.24 bits per heavy atom. The molecule has 1 aliphatic heterocycles. The van der Waals surface area contributed by atoms with Gasteiger partial charge < -0.3 is 9.47 Å². The monoisotopic (exact) mass is 627 g/mol. The third-order valence-corrected chi connectivity index (χ3v) is 9.31. The highest BCUT2D eigenvalue weighted by molar-refractivity contribution is 4.93. The van der Waals surface area contributed by atoms with Crippen molar-refractivity contribution in [3.05, 3.63) is 48.6 Å². The second-order valence-corrected chi connectivity index (χ2v) is 13.8. The molecule has 0 aliphatic carbocycles. The van der Waals surface area contributed by atoms with Crippen LogP contribution in [0.15, 0.2) is 48.6 Å². The first-order valence-corrected chi connectivity index (χ1v) is 20.2. The molecule has 0 aromatic carbocycles. The van der Waals surface area contributed by atoms with Crippen molar-refractivity contribution in [1.82, 2.24) is 0 Å². The standard InChI is InChI=1S/C43H78O2/c1-4-7-10-12-14-16-18-20-22-24-26-28-30-32-34-36-39-43(44-41-42(45-43)38-9-6-3)40-37-35-33-31-29-27-25-23-21-19-17-15-13-11-8-5-2/h14-17,20-23,42H,4-13,18-19,24-41H2,1-3H3. The van der Waals surface area contributed by atoms with Crippen LogP contribution in [-0.4, -0.2) is 18.5 Å². The van der Waals surface area contributed by atoms with Crippen molar-refractivity contribution in [3.8, 4) is 0 Å². The van der Waals surface area contributed by atoms with Gasteiger partial charge in [-0.05, 0) is 83.5 Å². The lowest BCUT2D eigenvalue weighted by atomic mass is 9.98. The van der Waals surface area contributed by atoms with Gasteiger partial charge in [0.25, 0.3) is 0 Å². The number of hydrogen-bond donors (Lipinski definition) is 0. The Hall–Kier alpha value is -1.12. The van der Waals surface area contributed by atoms with Gasteiger partial charge in [-0.15, -0.1) is 0 Å². The SMILES string of the molecule is CCCCCC=CCC=CCCCCCCCCC1(CCCCCCCCC=CCC=CCCCCC)OCC(CCCC)O1. The fourth-order valence-corrected chi connectivity index (χ4v) is 6.34. The van der Waals surface area contributed by atoms with Gasteiger partial charge in [0.1, 0.15) is 0 Å². The van der Waals surface area contributed by atoms with Gasteiger partial charge >= 0.3 is 0 Å². The molecular formula is C43H78O2. The largest absolute Gasteiger partial charge is 0.347 e. The molecule has 0 amide bonds. The summed E-state index contributed by atoms with van der Waals surface area (Å²) in [6, 6.07) is 0. The van der Waals surface area contributed by atoms with E-state index in [-0.39, 0.29) is 5.79 Å². The van der Waals surface area contributed by atoms with Crippen LogP contribution in [0.5, 0.6) is 0 Å². The lowest BCUT2D eigenvalue weighted by molar-refractivity contribution is -0.180. The van der Waals surface area contributed by atoms with Crippen LogP contribution in [0.25, 0.3) is 0 Å². The molecule has 0 bridgehead atoms. The minimum Gasteiger partial charge on any atom is -0.347 e. The van der Waals surface area contributed by atoms with Crippen molar-refractivity contribution in [2.75, 3.05) is 6.61 Å². The normalized spacial score (nSPS) is 19.0. The highest BCUT2D eigenvalue weighted by Gasteiger charge is 2.40. The van der Waals surface area contributed by atoms with Crippen LogP contribution < -0.4 is 0 Å². The van der Waals surface area contributed by atoms with Crippen LogP contribution >= 0.6 is 0 Å². The molecular weight excluding hydrogens is 548 g/mol. The van der Waals surface area contributed by atoms with Crippen LogP contribution in [0, 0.1) is 0 Å². The Labute approximate surface area is 283 Å². The fraction of sp³-hybridized carbons (Fsp3) is 0.814. The highest BCUT2D eigenvalue weighted by Crippen LogP contribution is 2.36. The molecule has 262 valence electrons. The van der Waals surface area contributed by atoms with Crippen molar-refractivity contribution in [1.29, 1.82) is 0 Å². The fourth-order valence-electron chi connectivity index (χ4n) is 6.34. The molecule has 1 aliphatic rings. The maximum atomic E-state index is 6.65. The van der Waals surface area contributed by atoms with Crippen LogP contribution in [0.2, 0.25) is 0 Å². The average molecular weight is 627 g/mol. The summed E-state index contributed by atoms with van der Waals surface area (Å²) in [5.41, 5.74) is 0. The van der Waals surface area contributed by atoms with E-state index in [0.29, 0.717) is 6.10 Å². The molecule has 0 N–H and O–H groups in total. The highest BCUT2D eigenvalue weighted by atomic mass is 16.7. The first-order chi connectivity index (χ1) is 22.3. The maximum absolute atomic E-state index is 6.65. The molecule has 0 aromatic rings. The zero-order chi connectivity index (χ0) is 32.4. The zero-order valence-corrected chi connectivity index (χ0v) is 30.7. The van der Waals surface area contributed by atoms with E-state index in [2.05, 4.69) is 69.4 Å². The van der Waals surface area contributed by atoms with E-state index < -0.39 is 0 Å². The summed E-state index contributed by atoms with van der Waals surface area (Å²) in [5, 5.41) is 0. The summed E-state index contributed by atoms with van der Waals surface area (Å²) in [7, 11) is 0. The van der Waals surface area contributed by atoms with Crippen LogP contribution in [0.1, 0.15) is 207 Å². The first-order valence-electron chi connectivity index (χ1n) is 20.2. The quantitative estimate of drug-likeness (QED) is 0.0533. The van der Waals surface area contributed by atoms with Gasteiger partial charge in [-0.25, -0.2) is 0 Å². The summed E-state index contributed by atoms with van der Waals surface area (Å²) < 4.78 is 13.1. The van der Waals surface area contributed by atoms with Crippen LogP contribution in [-0.2, 0) is 9.47 Å². The molecule has 0 saturated carbocycles. The Morgan fingerprint density at radius 1 is 0.444 bits per heavy atom. The van der Waals surface area contributed by atoms with E-state index in [4.69, 9.17) is 9.47 Å². The number of unbranched alkanes of at least 4 members (excludes halogenated alkanes) is 19. The van der Waals surface area contributed by atoms with E-state index >= 15 is 0 Å². The van der Waals surface area contributed by atoms with Crippen LogP contribution in [0.4, 0.5) is 0 Å². The lowest BCUT2D eigenvalue weighted by Gasteiger charge is -2.28. The third kappa shape index (κ3) is 26.6. The summed E-state index contributed by atoms with van der Waals surface area (Å²) >= 11 is 0. The Kier molecular flexibility index (Phi) is 30.5. The Balaban J connectivity index is 2.12. The summed E-state index contributed by atoms with van der Waals surface area (Å²) in [6.07, 6.45) is 56.1.